The maximum atomic E-state index is 11.6. The van der Waals surface area contributed by atoms with Crippen molar-refractivity contribution in [1.29, 1.82) is 0 Å². The molecule has 8 heteroatoms. The standard InChI is InChI=1S/C19H27N3O5/c1-4-11-20-19(25)22-21-17(23)6-5-12-27-16-9-7-15(8-10-16)13-14(2)18(24)26-3/h7-10,13H,4-6,11-12H2,1-3H3,(H,21,23)(H2,20,22,25)/b14-13+. The number of benzene rings is 1. The van der Waals surface area contributed by atoms with E-state index in [9.17, 15) is 14.4 Å². The summed E-state index contributed by atoms with van der Waals surface area (Å²) in [6.07, 6.45) is 3.28. The zero-order valence-corrected chi connectivity index (χ0v) is 16.0. The topological polar surface area (TPSA) is 106 Å². The van der Waals surface area contributed by atoms with E-state index < -0.39 is 6.03 Å². The second-order valence-corrected chi connectivity index (χ2v) is 5.77. The fraction of sp³-hybridized carbons (Fsp3) is 0.421. The molecule has 148 valence electrons. The van der Waals surface area contributed by atoms with Crippen molar-refractivity contribution in [2.45, 2.75) is 33.1 Å². The van der Waals surface area contributed by atoms with Crippen LogP contribution < -0.4 is 20.9 Å². The Morgan fingerprint density at radius 3 is 2.44 bits per heavy atom. The highest BCUT2D eigenvalue weighted by atomic mass is 16.5. The number of amides is 3. The summed E-state index contributed by atoms with van der Waals surface area (Å²) < 4.78 is 10.2. The summed E-state index contributed by atoms with van der Waals surface area (Å²) in [6, 6.07) is 6.80. The highest BCUT2D eigenvalue weighted by Crippen LogP contribution is 2.15. The number of hydrogen-bond acceptors (Lipinski definition) is 5. The number of rotatable bonds is 9. The predicted molar refractivity (Wildman–Crippen MR) is 102 cm³/mol. The maximum Gasteiger partial charge on any atom is 0.333 e. The Morgan fingerprint density at radius 1 is 1.11 bits per heavy atom. The molecule has 0 bridgehead atoms. The van der Waals surface area contributed by atoms with Gasteiger partial charge in [0.05, 0.1) is 13.7 Å². The van der Waals surface area contributed by atoms with E-state index in [4.69, 9.17) is 4.74 Å². The van der Waals surface area contributed by atoms with E-state index in [-0.39, 0.29) is 18.3 Å². The predicted octanol–water partition coefficient (Wildman–Crippen LogP) is 2.16. The number of esters is 1. The van der Waals surface area contributed by atoms with Crippen LogP contribution in [0, 0.1) is 0 Å². The summed E-state index contributed by atoms with van der Waals surface area (Å²) in [6.45, 7) is 4.54. The Kier molecular flexibility index (Phi) is 10.1. The molecule has 3 amide bonds. The van der Waals surface area contributed by atoms with Gasteiger partial charge in [-0.1, -0.05) is 19.1 Å². The largest absolute Gasteiger partial charge is 0.494 e. The fourth-order valence-electron chi connectivity index (χ4n) is 2.02. The Hall–Kier alpha value is -3.03. The lowest BCUT2D eigenvalue weighted by atomic mass is 10.1. The molecule has 0 aliphatic rings. The zero-order chi connectivity index (χ0) is 20.1. The van der Waals surface area contributed by atoms with Crippen LogP contribution in [0.25, 0.3) is 6.08 Å². The lowest BCUT2D eigenvalue weighted by Gasteiger charge is -2.09. The quantitative estimate of drug-likeness (QED) is 0.265. The SMILES string of the molecule is CCCNC(=O)NNC(=O)CCCOc1ccc(/C=C(\C)C(=O)OC)cc1. The lowest BCUT2D eigenvalue weighted by Crippen LogP contribution is -2.47. The van der Waals surface area contributed by atoms with E-state index in [1.807, 2.05) is 19.1 Å². The van der Waals surface area contributed by atoms with Crippen LogP contribution in [0.1, 0.15) is 38.7 Å². The molecule has 27 heavy (non-hydrogen) atoms. The average molecular weight is 377 g/mol. The van der Waals surface area contributed by atoms with E-state index in [2.05, 4.69) is 20.9 Å². The number of hydrazine groups is 1. The van der Waals surface area contributed by atoms with Gasteiger partial charge in [0.15, 0.2) is 0 Å². The molecule has 0 unspecified atom stereocenters. The molecule has 8 nitrogen and oxygen atoms in total. The summed E-state index contributed by atoms with van der Waals surface area (Å²) in [4.78, 5) is 34.3. The minimum atomic E-state index is -0.432. The van der Waals surface area contributed by atoms with Gasteiger partial charge in [-0.05, 0) is 43.5 Å². The molecule has 0 heterocycles. The van der Waals surface area contributed by atoms with Crippen molar-refractivity contribution in [3.05, 3.63) is 35.4 Å². The van der Waals surface area contributed by atoms with E-state index in [1.54, 1.807) is 25.1 Å². The number of methoxy groups -OCH3 is 1. The first-order valence-electron chi connectivity index (χ1n) is 8.78. The molecule has 1 rings (SSSR count). The fourth-order valence-corrected chi connectivity index (χ4v) is 2.02. The summed E-state index contributed by atoms with van der Waals surface area (Å²) in [5.41, 5.74) is 5.98. The molecule has 0 saturated heterocycles. The minimum Gasteiger partial charge on any atom is -0.494 e. The molecule has 0 aromatic heterocycles. The molecule has 0 fully saturated rings. The van der Waals surface area contributed by atoms with Crippen LogP contribution in [-0.2, 0) is 14.3 Å². The highest BCUT2D eigenvalue weighted by Gasteiger charge is 2.05. The van der Waals surface area contributed by atoms with Gasteiger partial charge in [0.1, 0.15) is 5.75 Å². The van der Waals surface area contributed by atoms with Crippen molar-refractivity contribution in [3.63, 3.8) is 0 Å². The van der Waals surface area contributed by atoms with Crippen LogP contribution in [-0.4, -0.2) is 38.2 Å². The molecule has 1 aromatic carbocycles. The molecule has 3 N–H and O–H groups in total. The average Bonchev–Trinajstić information content (AvgIpc) is 2.68. The number of hydrogen-bond donors (Lipinski definition) is 3. The first-order chi connectivity index (χ1) is 13.0. The van der Waals surface area contributed by atoms with Crippen LogP contribution in [0.5, 0.6) is 5.75 Å². The van der Waals surface area contributed by atoms with Crippen molar-refractivity contribution >= 4 is 24.0 Å². The van der Waals surface area contributed by atoms with Gasteiger partial charge in [0.2, 0.25) is 5.91 Å². The van der Waals surface area contributed by atoms with Crippen molar-refractivity contribution in [3.8, 4) is 5.75 Å². The van der Waals surface area contributed by atoms with Gasteiger partial charge >= 0.3 is 12.0 Å². The molecule has 0 aliphatic heterocycles. The number of carbonyl (C=O) groups is 3. The summed E-state index contributed by atoms with van der Waals surface area (Å²) >= 11 is 0. The molecule has 0 radical (unpaired) electrons. The maximum absolute atomic E-state index is 11.6. The number of urea groups is 1. The van der Waals surface area contributed by atoms with Gasteiger partial charge < -0.3 is 14.8 Å². The van der Waals surface area contributed by atoms with E-state index >= 15 is 0 Å². The summed E-state index contributed by atoms with van der Waals surface area (Å²) in [5.74, 6) is 0.00954. The second kappa shape index (κ2) is 12.3. The second-order valence-electron chi connectivity index (χ2n) is 5.77. The Bertz CT molecular complexity index is 656. The van der Waals surface area contributed by atoms with Crippen molar-refractivity contribution in [2.75, 3.05) is 20.3 Å². The van der Waals surface area contributed by atoms with Gasteiger partial charge in [-0.15, -0.1) is 0 Å². The first-order valence-corrected chi connectivity index (χ1v) is 8.78. The molecule has 0 saturated carbocycles. The van der Waals surface area contributed by atoms with Crippen molar-refractivity contribution in [1.82, 2.24) is 16.2 Å². The highest BCUT2D eigenvalue weighted by molar-refractivity contribution is 5.92. The number of ether oxygens (including phenoxy) is 2. The van der Waals surface area contributed by atoms with Crippen LogP contribution >= 0.6 is 0 Å². The van der Waals surface area contributed by atoms with E-state index in [1.165, 1.54) is 7.11 Å². The van der Waals surface area contributed by atoms with Gasteiger partial charge in [0, 0.05) is 18.5 Å². The third kappa shape index (κ3) is 9.29. The first kappa shape index (κ1) is 22.0. The number of nitrogens with one attached hydrogen (secondary N) is 3. The third-order valence-electron chi connectivity index (χ3n) is 3.44. The third-order valence-corrected chi connectivity index (χ3v) is 3.44. The molecule has 0 spiro atoms. The smallest absolute Gasteiger partial charge is 0.333 e. The van der Waals surface area contributed by atoms with Crippen LogP contribution in [0.4, 0.5) is 4.79 Å². The monoisotopic (exact) mass is 377 g/mol. The lowest BCUT2D eigenvalue weighted by molar-refractivity contribution is -0.135. The number of carbonyl (C=O) groups excluding carboxylic acids is 3. The van der Waals surface area contributed by atoms with Gasteiger partial charge in [-0.25, -0.2) is 15.0 Å². The molecule has 0 atom stereocenters. The molecule has 1 aromatic rings. The van der Waals surface area contributed by atoms with Gasteiger partial charge in [-0.2, -0.15) is 0 Å². The Balaban J connectivity index is 2.27. The van der Waals surface area contributed by atoms with Crippen LogP contribution in [0.15, 0.2) is 29.8 Å². The van der Waals surface area contributed by atoms with E-state index in [0.29, 0.717) is 30.9 Å². The van der Waals surface area contributed by atoms with Gasteiger partial charge in [-0.3, -0.25) is 10.2 Å². The normalized spacial score (nSPS) is 10.7. The Labute approximate surface area is 159 Å². The van der Waals surface area contributed by atoms with Crippen LogP contribution in [0.2, 0.25) is 0 Å². The zero-order valence-electron chi connectivity index (χ0n) is 16.0. The Morgan fingerprint density at radius 2 is 1.81 bits per heavy atom. The minimum absolute atomic E-state index is 0.229. The summed E-state index contributed by atoms with van der Waals surface area (Å²) in [7, 11) is 1.34. The summed E-state index contributed by atoms with van der Waals surface area (Å²) in [5, 5.41) is 2.58. The van der Waals surface area contributed by atoms with Crippen molar-refractivity contribution < 1.29 is 23.9 Å². The van der Waals surface area contributed by atoms with Crippen molar-refractivity contribution in [2.24, 2.45) is 0 Å². The molecular weight excluding hydrogens is 350 g/mol. The molecule has 0 aliphatic carbocycles. The van der Waals surface area contributed by atoms with Gasteiger partial charge in [0.25, 0.3) is 0 Å². The van der Waals surface area contributed by atoms with Crippen LogP contribution in [0.3, 0.4) is 0 Å². The van der Waals surface area contributed by atoms with E-state index in [0.717, 1.165) is 12.0 Å². The molecular formula is C19H27N3O5.